The van der Waals surface area contributed by atoms with Gasteiger partial charge in [-0.15, -0.1) is 5.10 Å². The molecule has 3 aromatic carbocycles. The molecule has 14 heteroatoms. The fourth-order valence-electron chi connectivity index (χ4n) is 7.44. The van der Waals surface area contributed by atoms with Crippen molar-refractivity contribution in [2.24, 2.45) is 0 Å². The molecule has 0 unspecified atom stereocenters. The van der Waals surface area contributed by atoms with Gasteiger partial charge in [0.2, 0.25) is 0 Å². The van der Waals surface area contributed by atoms with Crippen LogP contribution in [-0.2, 0) is 32.4 Å². The van der Waals surface area contributed by atoms with Crippen LogP contribution in [0, 0.1) is 13.8 Å². The number of fused-ring (bicyclic) bond motifs is 2. The summed E-state index contributed by atoms with van der Waals surface area (Å²) < 4.78 is 16.3. The number of ether oxygens (including phenoxy) is 2. The minimum Gasteiger partial charge on any atom is -0.493 e. The summed E-state index contributed by atoms with van der Waals surface area (Å²) >= 11 is 0. The molecule has 4 aromatic heterocycles. The van der Waals surface area contributed by atoms with Crippen LogP contribution in [0.1, 0.15) is 61.0 Å². The van der Waals surface area contributed by atoms with Crippen LogP contribution in [0.3, 0.4) is 0 Å². The van der Waals surface area contributed by atoms with Crippen LogP contribution in [0.2, 0.25) is 0 Å². The number of nitrogens with one attached hydrogen (secondary N) is 1. The number of anilines is 1. The highest BCUT2D eigenvalue weighted by Crippen LogP contribution is 2.29. The van der Waals surface area contributed by atoms with Crippen molar-refractivity contribution in [3.63, 3.8) is 0 Å². The molecule has 2 amide bonds. The van der Waals surface area contributed by atoms with Gasteiger partial charge in [0.1, 0.15) is 11.3 Å². The smallest absolute Gasteiger partial charge is 0.261 e. The maximum absolute atomic E-state index is 14.7. The fraction of sp³-hybridized carbons (Fsp3) is 0.279. The number of amides is 2. The van der Waals surface area contributed by atoms with Gasteiger partial charge in [-0.3, -0.25) is 14.3 Å². The van der Waals surface area contributed by atoms with E-state index in [9.17, 15) is 9.59 Å². The summed E-state index contributed by atoms with van der Waals surface area (Å²) in [6, 6.07) is 25.4. The van der Waals surface area contributed by atoms with Crippen LogP contribution < -0.4 is 14.8 Å². The van der Waals surface area contributed by atoms with E-state index in [4.69, 9.17) is 14.6 Å². The first-order valence-corrected chi connectivity index (χ1v) is 19.0. The first-order chi connectivity index (χ1) is 27.8. The lowest BCUT2D eigenvalue weighted by Crippen LogP contribution is -2.35. The number of rotatable bonds is 14. The molecule has 0 radical (unpaired) electrons. The number of carbonyl (C=O) groups is 2. The van der Waals surface area contributed by atoms with Crippen LogP contribution in [0.5, 0.6) is 11.5 Å². The van der Waals surface area contributed by atoms with Gasteiger partial charge in [-0.05, 0) is 81.0 Å². The monoisotopic (exact) mass is 764 g/mol. The first kappa shape index (κ1) is 37.1. The minimum atomic E-state index is -0.293. The van der Waals surface area contributed by atoms with Crippen LogP contribution >= 0.6 is 0 Å². The number of aromatic nitrogens is 8. The van der Waals surface area contributed by atoms with Crippen molar-refractivity contribution in [3.05, 3.63) is 136 Å². The zero-order valence-corrected chi connectivity index (χ0v) is 32.5. The van der Waals surface area contributed by atoms with Gasteiger partial charge >= 0.3 is 0 Å². The standard InChI is InChI=1S/C43H44N10O4/c1-28-23-29(2)53-41(45-28)34(25-44-53)42(54)46-33-15-13-32(14-16-33)35-26-51(49-47-35)27-36-40(37-11-8-20-52(37)48-36)43(55)50(21-18-30-9-6-5-7-10-30)22-19-31-12-17-38(56-3)39(24-31)57-4/h5-7,9-10,12-17,23-26H,8,11,18-22,27H2,1-4H3,(H,46,54). The second kappa shape index (κ2) is 16.1. The van der Waals surface area contributed by atoms with E-state index in [0.717, 1.165) is 54.0 Å². The molecule has 0 saturated carbocycles. The van der Waals surface area contributed by atoms with Crippen LogP contribution in [-0.4, -0.2) is 83.4 Å². The molecule has 290 valence electrons. The molecule has 8 rings (SSSR count). The Morgan fingerprint density at radius 3 is 2.44 bits per heavy atom. The molecule has 0 bridgehead atoms. The number of nitrogens with zero attached hydrogens (tertiary/aromatic N) is 9. The third-order valence-electron chi connectivity index (χ3n) is 10.4. The molecule has 14 nitrogen and oxygen atoms in total. The summed E-state index contributed by atoms with van der Waals surface area (Å²) in [5, 5.41) is 21.1. The summed E-state index contributed by atoms with van der Waals surface area (Å²) in [6.45, 7) is 5.95. The molecule has 1 N–H and O–H groups in total. The lowest BCUT2D eigenvalue weighted by molar-refractivity contribution is 0.0756. The first-order valence-electron chi connectivity index (χ1n) is 19.0. The normalized spacial score (nSPS) is 12.1. The highest BCUT2D eigenvalue weighted by Gasteiger charge is 2.30. The molecule has 1 aliphatic heterocycles. The maximum Gasteiger partial charge on any atom is 0.261 e. The van der Waals surface area contributed by atoms with Gasteiger partial charge in [0.05, 0.1) is 50.1 Å². The SMILES string of the molecule is COc1ccc(CCN(CCc2ccccc2)C(=O)c2c(Cn3cc(-c4ccc(NC(=O)c5cnn6c(C)cc(C)nc56)cc4)nn3)nn3c2CCC3)cc1OC. The summed E-state index contributed by atoms with van der Waals surface area (Å²) in [7, 11) is 3.25. The van der Waals surface area contributed by atoms with Crippen molar-refractivity contribution in [2.75, 3.05) is 32.6 Å². The van der Waals surface area contributed by atoms with Gasteiger partial charge in [-0.2, -0.15) is 10.2 Å². The van der Waals surface area contributed by atoms with Gasteiger partial charge < -0.3 is 19.7 Å². The third-order valence-corrected chi connectivity index (χ3v) is 10.4. The number of benzene rings is 3. The molecule has 0 saturated heterocycles. The highest BCUT2D eigenvalue weighted by molar-refractivity contribution is 6.08. The van der Waals surface area contributed by atoms with E-state index >= 15 is 0 Å². The van der Waals surface area contributed by atoms with E-state index < -0.39 is 0 Å². The Labute approximate surface area is 330 Å². The van der Waals surface area contributed by atoms with E-state index in [1.165, 1.54) is 11.8 Å². The summed E-state index contributed by atoms with van der Waals surface area (Å²) in [5.41, 5.74) is 9.24. The Morgan fingerprint density at radius 1 is 0.895 bits per heavy atom. The van der Waals surface area contributed by atoms with Gasteiger partial charge in [0.25, 0.3) is 11.8 Å². The van der Waals surface area contributed by atoms with Gasteiger partial charge in [0, 0.05) is 42.3 Å². The second-order valence-corrected chi connectivity index (χ2v) is 14.2. The molecule has 7 aromatic rings. The Morgan fingerprint density at radius 2 is 1.67 bits per heavy atom. The zero-order chi connectivity index (χ0) is 39.5. The molecule has 0 atom stereocenters. The van der Waals surface area contributed by atoms with Crippen LogP contribution in [0.15, 0.2) is 91.3 Å². The molecular formula is C43H44N10O4. The molecule has 0 spiro atoms. The third kappa shape index (κ3) is 7.83. The maximum atomic E-state index is 14.7. The van der Waals surface area contributed by atoms with Gasteiger partial charge in [-0.1, -0.05) is 53.7 Å². The van der Waals surface area contributed by atoms with E-state index in [2.05, 4.69) is 37.8 Å². The lowest BCUT2D eigenvalue weighted by Gasteiger charge is -2.24. The van der Waals surface area contributed by atoms with Crippen molar-refractivity contribution in [1.29, 1.82) is 0 Å². The quantitative estimate of drug-likeness (QED) is 0.141. The van der Waals surface area contributed by atoms with E-state index in [0.29, 0.717) is 64.9 Å². The number of hydrogen-bond donors (Lipinski definition) is 1. The number of carbonyl (C=O) groups excluding carboxylic acids is 2. The Bertz CT molecular complexity index is 2560. The van der Waals surface area contributed by atoms with Crippen LogP contribution in [0.4, 0.5) is 5.69 Å². The molecule has 0 aliphatic carbocycles. The van der Waals surface area contributed by atoms with Crippen molar-refractivity contribution >= 4 is 23.1 Å². The van der Waals surface area contributed by atoms with Crippen molar-refractivity contribution in [3.8, 4) is 22.8 Å². The number of aryl methyl sites for hydroxylation is 3. The van der Waals surface area contributed by atoms with Gasteiger partial charge in [-0.25, -0.2) is 14.2 Å². The zero-order valence-electron chi connectivity index (χ0n) is 32.5. The summed E-state index contributed by atoms with van der Waals surface area (Å²) in [5.74, 6) is 0.996. The molecular weight excluding hydrogens is 721 g/mol. The minimum absolute atomic E-state index is 0.0345. The second-order valence-electron chi connectivity index (χ2n) is 14.2. The highest BCUT2D eigenvalue weighted by atomic mass is 16.5. The Hall–Kier alpha value is -6.83. The predicted octanol–water partition coefficient (Wildman–Crippen LogP) is 5.99. The molecule has 1 aliphatic rings. The van der Waals surface area contributed by atoms with Crippen molar-refractivity contribution in [1.82, 2.24) is 44.3 Å². The topological polar surface area (TPSA) is 147 Å². The van der Waals surface area contributed by atoms with Gasteiger partial charge in [0.15, 0.2) is 17.1 Å². The summed E-state index contributed by atoms with van der Waals surface area (Å²) in [4.78, 5) is 34.3. The largest absolute Gasteiger partial charge is 0.493 e. The average molecular weight is 765 g/mol. The average Bonchev–Trinajstić information content (AvgIpc) is 4.04. The fourth-order valence-corrected chi connectivity index (χ4v) is 7.44. The molecule has 57 heavy (non-hydrogen) atoms. The summed E-state index contributed by atoms with van der Waals surface area (Å²) in [6.07, 6.45) is 6.49. The van der Waals surface area contributed by atoms with E-state index in [1.807, 2.05) is 96.4 Å². The number of hydrogen-bond acceptors (Lipinski definition) is 9. The van der Waals surface area contributed by atoms with Crippen molar-refractivity contribution < 1.29 is 19.1 Å². The van der Waals surface area contributed by atoms with Crippen molar-refractivity contribution in [2.45, 2.75) is 52.6 Å². The molecule has 0 fully saturated rings. The Balaban J connectivity index is 0.994. The Kier molecular flexibility index (Phi) is 10.5. The number of methoxy groups -OCH3 is 2. The van der Waals surface area contributed by atoms with Crippen LogP contribution in [0.25, 0.3) is 16.9 Å². The predicted molar refractivity (Wildman–Crippen MR) is 215 cm³/mol. The van der Waals surface area contributed by atoms with E-state index in [1.54, 1.807) is 23.4 Å². The molecule has 5 heterocycles. The lowest BCUT2D eigenvalue weighted by atomic mass is 10.1. The van der Waals surface area contributed by atoms with E-state index in [-0.39, 0.29) is 18.4 Å².